The van der Waals surface area contributed by atoms with Crippen molar-refractivity contribution >= 4 is 32.4 Å². The molecule has 3 heteroatoms. The maximum absolute atomic E-state index is 4.73. The van der Waals surface area contributed by atoms with Crippen LogP contribution in [0, 0.1) is 0 Å². The first-order valence-corrected chi connectivity index (χ1v) is 9.94. The highest BCUT2D eigenvalue weighted by atomic mass is 14.7. The van der Waals surface area contributed by atoms with Crippen molar-refractivity contribution in [3.63, 3.8) is 0 Å². The van der Waals surface area contributed by atoms with Crippen LogP contribution >= 0.6 is 0 Å². The van der Waals surface area contributed by atoms with E-state index in [1.807, 2.05) is 36.8 Å². The van der Waals surface area contributed by atoms with E-state index in [1.54, 1.807) is 6.20 Å². The maximum Gasteiger partial charge on any atom is 0.0787 e. The van der Waals surface area contributed by atoms with Gasteiger partial charge in [-0.1, -0.05) is 48.5 Å². The van der Waals surface area contributed by atoms with Gasteiger partial charge in [-0.05, 0) is 51.9 Å². The van der Waals surface area contributed by atoms with E-state index in [1.165, 1.54) is 21.5 Å². The Labute approximate surface area is 173 Å². The third-order valence-electron chi connectivity index (χ3n) is 5.64. The van der Waals surface area contributed by atoms with Crippen LogP contribution in [-0.4, -0.2) is 15.0 Å². The third-order valence-corrected chi connectivity index (χ3v) is 5.64. The topological polar surface area (TPSA) is 38.7 Å². The Morgan fingerprint density at radius 2 is 1.43 bits per heavy atom. The summed E-state index contributed by atoms with van der Waals surface area (Å²) in [6.07, 6.45) is 7.40. The Kier molecular flexibility index (Phi) is 3.78. The summed E-state index contributed by atoms with van der Waals surface area (Å²) in [5, 5.41) is 6.11. The lowest BCUT2D eigenvalue weighted by atomic mass is 9.93. The molecule has 30 heavy (non-hydrogen) atoms. The molecule has 0 aliphatic carbocycles. The average molecular weight is 383 g/mol. The number of benzene rings is 3. The molecule has 0 radical (unpaired) electrons. The van der Waals surface area contributed by atoms with Crippen molar-refractivity contribution < 1.29 is 0 Å². The van der Waals surface area contributed by atoms with Gasteiger partial charge in [-0.15, -0.1) is 0 Å². The number of aromatic nitrogens is 3. The molecule has 0 amide bonds. The summed E-state index contributed by atoms with van der Waals surface area (Å²) in [6, 6.07) is 27.5. The average Bonchev–Trinajstić information content (AvgIpc) is 2.84. The predicted octanol–water partition coefficient (Wildman–Crippen LogP) is 6.67. The fourth-order valence-corrected chi connectivity index (χ4v) is 4.19. The monoisotopic (exact) mass is 383 g/mol. The molecule has 0 aliphatic rings. The fourth-order valence-electron chi connectivity index (χ4n) is 4.19. The van der Waals surface area contributed by atoms with Crippen LogP contribution in [0.15, 0.2) is 104 Å². The molecule has 0 atom stereocenters. The molecule has 0 aliphatic heterocycles. The summed E-state index contributed by atoms with van der Waals surface area (Å²) in [7, 11) is 0. The minimum atomic E-state index is 0.912. The molecular formula is C27H17N3. The number of fused-ring (bicyclic) bond motifs is 5. The normalized spacial score (nSPS) is 11.3. The van der Waals surface area contributed by atoms with E-state index in [2.05, 4.69) is 65.6 Å². The lowest BCUT2D eigenvalue weighted by Crippen LogP contribution is -1.90. The van der Waals surface area contributed by atoms with Crippen LogP contribution in [0.25, 0.3) is 54.8 Å². The molecule has 140 valence electrons. The number of nitrogens with zero attached hydrogens (tertiary/aromatic N) is 3. The van der Waals surface area contributed by atoms with Gasteiger partial charge in [0.2, 0.25) is 0 Å². The minimum absolute atomic E-state index is 0.912. The van der Waals surface area contributed by atoms with E-state index >= 15 is 0 Å². The van der Waals surface area contributed by atoms with Gasteiger partial charge in [0.25, 0.3) is 0 Å². The summed E-state index contributed by atoms with van der Waals surface area (Å²) in [4.78, 5) is 13.6. The first-order chi connectivity index (χ1) is 14.9. The smallest absolute Gasteiger partial charge is 0.0787 e. The zero-order chi connectivity index (χ0) is 19.9. The van der Waals surface area contributed by atoms with Gasteiger partial charge in [0.15, 0.2) is 0 Å². The van der Waals surface area contributed by atoms with Gasteiger partial charge in [0.05, 0.1) is 11.2 Å². The van der Waals surface area contributed by atoms with E-state index in [4.69, 9.17) is 9.97 Å². The van der Waals surface area contributed by atoms with Crippen molar-refractivity contribution in [2.75, 3.05) is 0 Å². The van der Waals surface area contributed by atoms with Gasteiger partial charge in [0.1, 0.15) is 0 Å². The van der Waals surface area contributed by atoms with Gasteiger partial charge in [0, 0.05) is 46.9 Å². The summed E-state index contributed by atoms with van der Waals surface area (Å²) < 4.78 is 0. The SMILES string of the molecule is c1cncc(-c2ccc(-c3cc4c5ccccc5ccc4c4cccnc34)cn2)c1. The lowest BCUT2D eigenvalue weighted by Gasteiger charge is -2.12. The first-order valence-electron chi connectivity index (χ1n) is 9.94. The number of pyridine rings is 3. The van der Waals surface area contributed by atoms with Crippen LogP contribution in [0.3, 0.4) is 0 Å². The summed E-state index contributed by atoms with van der Waals surface area (Å²) >= 11 is 0. The molecule has 3 aromatic carbocycles. The zero-order valence-corrected chi connectivity index (χ0v) is 16.2. The van der Waals surface area contributed by atoms with E-state index in [9.17, 15) is 0 Å². The van der Waals surface area contributed by atoms with E-state index < -0.39 is 0 Å². The van der Waals surface area contributed by atoms with Gasteiger partial charge < -0.3 is 0 Å². The number of hydrogen-bond donors (Lipinski definition) is 0. The standard InChI is InChI=1S/C27H17N3/c1-2-7-21-18(5-1)9-11-22-23-8-4-14-29-27(23)24(15-25(21)22)19-10-12-26(30-17-19)20-6-3-13-28-16-20/h1-17H. The predicted molar refractivity (Wildman–Crippen MR) is 123 cm³/mol. The van der Waals surface area contributed by atoms with Crippen LogP contribution < -0.4 is 0 Å². The maximum atomic E-state index is 4.73. The van der Waals surface area contributed by atoms with Gasteiger partial charge in [-0.3, -0.25) is 15.0 Å². The van der Waals surface area contributed by atoms with Crippen molar-refractivity contribution in [1.29, 1.82) is 0 Å². The van der Waals surface area contributed by atoms with Gasteiger partial charge >= 0.3 is 0 Å². The summed E-state index contributed by atoms with van der Waals surface area (Å²) in [5.41, 5.74) is 5.07. The summed E-state index contributed by atoms with van der Waals surface area (Å²) in [6.45, 7) is 0. The number of hydrogen-bond acceptors (Lipinski definition) is 3. The van der Waals surface area contributed by atoms with E-state index in [-0.39, 0.29) is 0 Å². The third kappa shape index (κ3) is 2.64. The molecule has 0 saturated carbocycles. The molecule has 3 aromatic heterocycles. The van der Waals surface area contributed by atoms with Crippen molar-refractivity contribution in [2.45, 2.75) is 0 Å². The highest BCUT2D eigenvalue weighted by Crippen LogP contribution is 2.37. The Bertz CT molecular complexity index is 1520. The molecule has 3 nitrogen and oxygen atoms in total. The largest absolute Gasteiger partial charge is 0.264 e. The zero-order valence-electron chi connectivity index (χ0n) is 16.2. The Morgan fingerprint density at radius 1 is 0.533 bits per heavy atom. The van der Waals surface area contributed by atoms with Crippen LogP contribution in [0.5, 0.6) is 0 Å². The van der Waals surface area contributed by atoms with Crippen LogP contribution in [0.1, 0.15) is 0 Å². The van der Waals surface area contributed by atoms with E-state index in [0.717, 1.165) is 33.3 Å². The van der Waals surface area contributed by atoms with Crippen molar-refractivity contribution in [1.82, 2.24) is 15.0 Å². The fraction of sp³-hybridized carbons (Fsp3) is 0. The van der Waals surface area contributed by atoms with E-state index in [0.29, 0.717) is 0 Å². The lowest BCUT2D eigenvalue weighted by molar-refractivity contribution is 1.28. The Morgan fingerprint density at radius 3 is 2.30 bits per heavy atom. The highest BCUT2D eigenvalue weighted by molar-refractivity contribution is 6.20. The molecule has 6 aromatic rings. The van der Waals surface area contributed by atoms with Crippen LogP contribution in [0.4, 0.5) is 0 Å². The van der Waals surface area contributed by atoms with Crippen LogP contribution in [0.2, 0.25) is 0 Å². The minimum Gasteiger partial charge on any atom is -0.264 e. The Hall–Kier alpha value is -4.11. The van der Waals surface area contributed by atoms with Crippen molar-refractivity contribution in [2.24, 2.45) is 0 Å². The Balaban J connectivity index is 1.62. The molecule has 0 bridgehead atoms. The second kappa shape index (κ2) is 6.75. The molecule has 0 spiro atoms. The van der Waals surface area contributed by atoms with Crippen molar-refractivity contribution in [3.05, 3.63) is 104 Å². The molecule has 0 unspecified atom stereocenters. The second-order valence-electron chi connectivity index (χ2n) is 7.38. The molecule has 0 fully saturated rings. The molecule has 0 N–H and O–H groups in total. The number of rotatable bonds is 2. The van der Waals surface area contributed by atoms with Crippen molar-refractivity contribution in [3.8, 4) is 22.4 Å². The highest BCUT2D eigenvalue weighted by Gasteiger charge is 2.12. The van der Waals surface area contributed by atoms with Gasteiger partial charge in [-0.25, -0.2) is 0 Å². The second-order valence-corrected chi connectivity index (χ2v) is 7.38. The quantitative estimate of drug-likeness (QED) is 0.314. The molecule has 3 heterocycles. The first kappa shape index (κ1) is 16.8. The van der Waals surface area contributed by atoms with Crippen LogP contribution in [-0.2, 0) is 0 Å². The molecule has 0 saturated heterocycles. The molecule has 6 rings (SSSR count). The van der Waals surface area contributed by atoms with Gasteiger partial charge in [-0.2, -0.15) is 0 Å². The molecular weight excluding hydrogens is 366 g/mol. The summed E-state index contributed by atoms with van der Waals surface area (Å²) in [5.74, 6) is 0.